The molecular weight excluding hydrogens is 408 g/mol. The van der Waals surface area contributed by atoms with Crippen LogP contribution in [0.15, 0.2) is 146 Å². The van der Waals surface area contributed by atoms with Crippen molar-refractivity contribution in [2.75, 3.05) is 0 Å². The largest absolute Gasteiger partial charge is 0.0798 e. The van der Waals surface area contributed by atoms with Crippen molar-refractivity contribution in [3.05, 3.63) is 168 Å². The zero-order valence-corrected chi connectivity index (χ0v) is 19.9. The fraction of sp³-hybridized carbons (Fsp3) is 0.0588. The molecule has 4 aromatic rings. The summed E-state index contributed by atoms with van der Waals surface area (Å²) < 4.78 is 0. The Morgan fingerprint density at radius 2 is 0.735 bits per heavy atom. The van der Waals surface area contributed by atoms with E-state index in [0.29, 0.717) is 0 Å². The van der Waals surface area contributed by atoms with E-state index in [2.05, 4.69) is 159 Å². The van der Waals surface area contributed by atoms with Gasteiger partial charge >= 0.3 is 0 Å². The molecule has 34 heavy (non-hydrogen) atoms. The molecule has 0 N–H and O–H groups in total. The molecule has 4 aromatic carbocycles. The van der Waals surface area contributed by atoms with Gasteiger partial charge in [0, 0.05) is 0 Å². The van der Waals surface area contributed by atoms with E-state index in [9.17, 15) is 0 Å². The summed E-state index contributed by atoms with van der Waals surface area (Å²) in [6.07, 6.45) is 9.07. The molecule has 0 aromatic heterocycles. The van der Waals surface area contributed by atoms with Gasteiger partial charge in [-0.05, 0) is 70.5 Å². The van der Waals surface area contributed by atoms with E-state index in [4.69, 9.17) is 0 Å². The quantitative estimate of drug-likeness (QED) is 0.252. The Labute approximate surface area is 203 Å². The highest BCUT2D eigenvalue weighted by molar-refractivity contribution is 5.95. The molecule has 166 valence electrons. The molecule has 0 amide bonds. The van der Waals surface area contributed by atoms with E-state index < -0.39 is 0 Å². The van der Waals surface area contributed by atoms with Crippen molar-refractivity contribution in [1.29, 1.82) is 0 Å². The van der Waals surface area contributed by atoms with Crippen molar-refractivity contribution in [3.63, 3.8) is 0 Å². The lowest BCUT2D eigenvalue weighted by Gasteiger charge is -2.11. The maximum absolute atomic E-state index is 2.31. The van der Waals surface area contributed by atoms with Gasteiger partial charge in [-0.1, -0.05) is 133 Å². The minimum absolute atomic E-state index is 1.17. The fourth-order valence-electron chi connectivity index (χ4n) is 3.99. The second kappa shape index (κ2) is 11.6. The van der Waals surface area contributed by atoms with Crippen LogP contribution >= 0.6 is 0 Å². The van der Waals surface area contributed by atoms with Gasteiger partial charge in [0.1, 0.15) is 0 Å². The van der Waals surface area contributed by atoms with Crippen LogP contribution in [0.2, 0.25) is 0 Å². The van der Waals surface area contributed by atoms with E-state index in [1.54, 1.807) is 0 Å². The third-order valence-electron chi connectivity index (χ3n) is 5.86. The zero-order chi connectivity index (χ0) is 23.6. The van der Waals surface area contributed by atoms with Crippen molar-refractivity contribution in [2.24, 2.45) is 0 Å². The van der Waals surface area contributed by atoms with Crippen LogP contribution < -0.4 is 0 Å². The molecule has 0 heteroatoms. The van der Waals surface area contributed by atoms with Crippen LogP contribution in [0, 0.1) is 0 Å². The Balaban J connectivity index is 1.88. The maximum Gasteiger partial charge on any atom is -0.0172 e. The number of benzene rings is 4. The highest BCUT2D eigenvalue weighted by atomic mass is 14.1. The first-order valence-electron chi connectivity index (χ1n) is 11.7. The van der Waals surface area contributed by atoms with Crippen LogP contribution in [-0.2, 0) is 0 Å². The second-order valence-corrected chi connectivity index (χ2v) is 8.23. The zero-order valence-electron chi connectivity index (χ0n) is 19.9. The molecule has 0 saturated carbocycles. The predicted molar refractivity (Wildman–Crippen MR) is 149 cm³/mol. The van der Waals surface area contributed by atoms with E-state index in [-0.39, 0.29) is 0 Å². The first-order chi connectivity index (χ1) is 16.7. The normalized spacial score (nSPS) is 13.1. The van der Waals surface area contributed by atoms with E-state index >= 15 is 0 Å². The molecule has 0 atom stereocenters. The van der Waals surface area contributed by atoms with Gasteiger partial charge in [0.05, 0.1) is 0 Å². The Morgan fingerprint density at radius 1 is 0.412 bits per heavy atom. The molecule has 4 rings (SSSR count). The lowest BCUT2D eigenvalue weighted by Crippen LogP contribution is -1.89. The lowest BCUT2D eigenvalue weighted by molar-refractivity contribution is 1.55. The van der Waals surface area contributed by atoms with Crippen molar-refractivity contribution in [2.45, 2.75) is 13.8 Å². The van der Waals surface area contributed by atoms with Crippen molar-refractivity contribution < 1.29 is 0 Å². The molecule has 0 aliphatic heterocycles. The summed E-state index contributed by atoms with van der Waals surface area (Å²) in [5.74, 6) is 0. The average Bonchev–Trinajstić information content (AvgIpc) is 2.92. The summed E-state index contributed by atoms with van der Waals surface area (Å²) in [6, 6.07) is 42.4. The number of allylic oxidation sites excluding steroid dienone is 8. The molecule has 0 spiro atoms. The Morgan fingerprint density at radius 3 is 1.15 bits per heavy atom. The SMILES string of the molecule is C\C=C(/C=C(\C=C(/C=C(\C)c1ccccc1)c1ccccc1)c1ccccc1)c1ccccc1. The second-order valence-electron chi connectivity index (χ2n) is 8.23. The molecular formula is C34H30. The van der Waals surface area contributed by atoms with Crippen molar-refractivity contribution in [1.82, 2.24) is 0 Å². The summed E-state index contributed by atoms with van der Waals surface area (Å²) in [6.45, 7) is 4.28. The van der Waals surface area contributed by atoms with Crippen molar-refractivity contribution in [3.8, 4) is 0 Å². The number of hydrogen-bond donors (Lipinski definition) is 0. The Bertz CT molecular complexity index is 1300. The highest BCUT2D eigenvalue weighted by Crippen LogP contribution is 2.29. The third-order valence-corrected chi connectivity index (χ3v) is 5.86. The Hall–Kier alpha value is -4.16. The van der Waals surface area contributed by atoms with Crippen LogP contribution in [0.5, 0.6) is 0 Å². The molecule has 0 unspecified atom stereocenters. The van der Waals surface area contributed by atoms with Crippen LogP contribution in [-0.4, -0.2) is 0 Å². The van der Waals surface area contributed by atoms with Crippen molar-refractivity contribution >= 4 is 22.3 Å². The molecule has 0 fully saturated rings. The van der Waals surface area contributed by atoms with Gasteiger partial charge in [0.15, 0.2) is 0 Å². The molecule has 0 heterocycles. The van der Waals surface area contributed by atoms with Gasteiger partial charge in [-0.25, -0.2) is 0 Å². The highest BCUT2D eigenvalue weighted by Gasteiger charge is 2.07. The predicted octanol–water partition coefficient (Wildman–Crippen LogP) is 9.36. The van der Waals surface area contributed by atoms with E-state index in [1.807, 2.05) is 0 Å². The van der Waals surface area contributed by atoms with Gasteiger partial charge in [-0.3, -0.25) is 0 Å². The number of hydrogen-bond acceptors (Lipinski definition) is 0. The van der Waals surface area contributed by atoms with E-state index in [0.717, 1.165) is 0 Å². The number of rotatable bonds is 7. The lowest BCUT2D eigenvalue weighted by atomic mass is 9.93. The topological polar surface area (TPSA) is 0 Å². The van der Waals surface area contributed by atoms with Crippen LogP contribution in [0.1, 0.15) is 36.1 Å². The molecule has 0 aliphatic carbocycles. The molecule has 0 aliphatic rings. The smallest absolute Gasteiger partial charge is 0.0172 e. The van der Waals surface area contributed by atoms with E-state index in [1.165, 1.54) is 44.5 Å². The molecule has 0 saturated heterocycles. The van der Waals surface area contributed by atoms with Gasteiger partial charge in [-0.2, -0.15) is 0 Å². The minimum atomic E-state index is 1.17. The average molecular weight is 439 g/mol. The summed E-state index contributed by atoms with van der Waals surface area (Å²) in [4.78, 5) is 0. The standard InChI is InChI=1S/C34H30/c1-3-28(30-18-10-5-11-19-30)25-34(32-22-14-7-15-23-32)26-33(31-20-12-6-13-21-31)24-27(2)29-16-8-4-9-17-29/h3-26H,1-2H3/b27-24+,28-3+,33-26+,34-25+. The molecule has 0 nitrogen and oxygen atoms in total. The molecule has 0 radical (unpaired) electrons. The summed E-state index contributed by atoms with van der Waals surface area (Å²) in [5.41, 5.74) is 9.62. The maximum atomic E-state index is 2.31. The third kappa shape index (κ3) is 5.99. The first-order valence-corrected chi connectivity index (χ1v) is 11.7. The van der Waals surface area contributed by atoms with Crippen LogP contribution in [0.25, 0.3) is 22.3 Å². The first kappa shape index (κ1) is 23.0. The minimum Gasteiger partial charge on any atom is -0.0798 e. The fourth-order valence-corrected chi connectivity index (χ4v) is 3.99. The van der Waals surface area contributed by atoms with Gasteiger partial charge in [0.2, 0.25) is 0 Å². The summed E-state index contributed by atoms with van der Waals surface area (Å²) >= 11 is 0. The molecule has 0 bridgehead atoms. The monoisotopic (exact) mass is 438 g/mol. The van der Waals surface area contributed by atoms with Gasteiger partial charge in [-0.15, -0.1) is 0 Å². The van der Waals surface area contributed by atoms with Crippen LogP contribution in [0.3, 0.4) is 0 Å². The van der Waals surface area contributed by atoms with Gasteiger partial charge in [0.25, 0.3) is 0 Å². The summed E-state index contributed by atoms with van der Waals surface area (Å²) in [5, 5.41) is 0. The van der Waals surface area contributed by atoms with Gasteiger partial charge < -0.3 is 0 Å². The van der Waals surface area contributed by atoms with Crippen LogP contribution in [0.4, 0.5) is 0 Å². The summed E-state index contributed by atoms with van der Waals surface area (Å²) in [7, 11) is 0. The Kier molecular flexibility index (Phi) is 7.87.